The molecule has 1 N–H and O–H groups in total. The van der Waals surface area contributed by atoms with Crippen molar-refractivity contribution in [2.45, 2.75) is 64.7 Å². The average molecular weight is 444 g/mol. The zero-order valence-corrected chi connectivity index (χ0v) is 19.2. The normalized spacial score (nSPS) is 15.6. The van der Waals surface area contributed by atoms with Gasteiger partial charge >= 0.3 is 0 Å². The molecule has 1 aromatic heterocycles. The molecule has 170 valence electrons. The molecule has 0 spiro atoms. The monoisotopic (exact) mass is 443 g/mol. The maximum absolute atomic E-state index is 13.8. The topological polar surface area (TPSA) is 54.9 Å². The van der Waals surface area contributed by atoms with Gasteiger partial charge in [-0.3, -0.25) is 4.79 Å². The number of benzene rings is 2. The first kappa shape index (κ1) is 21.7. The molecule has 1 heterocycles. The first-order valence-corrected chi connectivity index (χ1v) is 12.1. The highest BCUT2D eigenvalue weighted by atomic mass is 19.1. The van der Waals surface area contributed by atoms with Gasteiger partial charge in [0.15, 0.2) is 5.82 Å². The lowest BCUT2D eigenvalue weighted by Crippen LogP contribution is -2.21. The molecule has 1 saturated carbocycles. The third kappa shape index (κ3) is 4.97. The van der Waals surface area contributed by atoms with Gasteiger partial charge in [0, 0.05) is 5.56 Å². The van der Waals surface area contributed by atoms with E-state index in [4.69, 9.17) is 9.97 Å². The number of aromatic nitrogens is 2. The molecule has 5 heteroatoms. The standard InChI is InChI=1S/C28H30FN3O/c1-18-7-9-20(10-8-18)16-26(33)32-28-25(15-19-5-3-2-4-6-19)30-27-23-13-12-22(29)17-21(23)11-14-24(27)31-28/h7-10,12-13,17,19H,2-6,11,14-16H2,1H3,(H,31,32,33). The fourth-order valence-corrected chi connectivity index (χ4v) is 5.12. The van der Waals surface area contributed by atoms with E-state index in [9.17, 15) is 9.18 Å². The molecule has 0 radical (unpaired) electrons. The molecule has 4 nitrogen and oxygen atoms in total. The van der Waals surface area contributed by atoms with Crippen LogP contribution in [-0.2, 0) is 30.5 Å². The van der Waals surface area contributed by atoms with Gasteiger partial charge in [-0.1, -0.05) is 61.9 Å². The number of carbonyl (C=O) groups excluding carboxylic acids is 1. The summed E-state index contributed by atoms with van der Waals surface area (Å²) in [6.07, 6.45) is 8.73. The van der Waals surface area contributed by atoms with E-state index in [-0.39, 0.29) is 11.7 Å². The van der Waals surface area contributed by atoms with Crippen molar-refractivity contribution in [1.82, 2.24) is 9.97 Å². The van der Waals surface area contributed by atoms with Crippen LogP contribution in [0.5, 0.6) is 0 Å². The van der Waals surface area contributed by atoms with Crippen LogP contribution in [0, 0.1) is 18.7 Å². The van der Waals surface area contributed by atoms with Crippen LogP contribution in [0.15, 0.2) is 42.5 Å². The molecule has 2 aliphatic carbocycles. The minimum absolute atomic E-state index is 0.0729. The number of halogens is 1. The molecule has 33 heavy (non-hydrogen) atoms. The van der Waals surface area contributed by atoms with E-state index >= 15 is 0 Å². The van der Waals surface area contributed by atoms with Crippen molar-refractivity contribution < 1.29 is 9.18 Å². The summed E-state index contributed by atoms with van der Waals surface area (Å²) in [6.45, 7) is 2.04. The number of nitrogens with one attached hydrogen (secondary N) is 1. The molecule has 0 unspecified atom stereocenters. The first-order valence-electron chi connectivity index (χ1n) is 12.1. The minimum Gasteiger partial charge on any atom is -0.309 e. The van der Waals surface area contributed by atoms with Crippen molar-refractivity contribution in [1.29, 1.82) is 0 Å². The van der Waals surface area contributed by atoms with Gasteiger partial charge in [0.2, 0.25) is 5.91 Å². The fourth-order valence-electron chi connectivity index (χ4n) is 5.12. The van der Waals surface area contributed by atoms with Crippen LogP contribution in [0.25, 0.3) is 11.3 Å². The molecule has 0 saturated heterocycles. The number of carbonyl (C=O) groups is 1. The second kappa shape index (κ2) is 9.42. The lowest BCUT2D eigenvalue weighted by Gasteiger charge is -2.24. The van der Waals surface area contributed by atoms with Gasteiger partial charge in [-0.05, 0) is 61.4 Å². The van der Waals surface area contributed by atoms with Crippen molar-refractivity contribution in [2.24, 2.45) is 5.92 Å². The molecule has 0 atom stereocenters. The molecular formula is C28H30FN3O. The van der Waals surface area contributed by atoms with Gasteiger partial charge in [0.1, 0.15) is 5.82 Å². The lowest BCUT2D eigenvalue weighted by molar-refractivity contribution is -0.115. The molecular weight excluding hydrogens is 413 g/mol. The average Bonchev–Trinajstić information content (AvgIpc) is 2.81. The number of hydrogen-bond donors (Lipinski definition) is 1. The number of aryl methyl sites for hydroxylation is 3. The number of nitrogens with zero attached hydrogens (tertiary/aromatic N) is 2. The summed E-state index contributed by atoms with van der Waals surface area (Å²) in [4.78, 5) is 22.9. The summed E-state index contributed by atoms with van der Waals surface area (Å²) in [5.74, 6) is 0.876. The van der Waals surface area contributed by atoms with Crippen LogP contribution in [0.4, 0.5) is 10.2 Å². The number of amides is 1. The highest BCUT2D eigenvalue weighted by molar-refractivity contribution is 5.92. The van der Waals surface area contributed by atoms with Gasteiger partial charge in [-0.25, -0.2) is 14.4 Å². The van der Waals surface area contributed by atoms with E-state index in [1.807, 2.05) is 37.3 Å². The zero-order chi connectivity index (χ0) is 22.8. The SMILES string of the molecule is Cc1ccc(CC(=O)Nc2nc3c(nc2CC2CCCCC2)-c2ccc(F)cc2CC3)cc1. The van der Waals surface area contributed by atoms with Crippen molar-refractivity contribution >= 4 is 11.7 Å². The molecule has 2 aliphatic rings. The van der Waals surface area contributed by atoms with E-state index in [0.29, 0.717) is 24.6 Å². The largest absolute Gasteiger partial charge is 0.309 e. The summed E-state index contributed by atoms with van der Waals surface area (Å²) < 4.78 is 13.8. The predicted octanol–water partition coefficient (Wildman–Crippen LogP) is 5.99. The number of anilines is 1. The quantitative estimate of drug-likeness (QED) is 0.527. The van der Waals surface area contributed by atoms with E-state index < -0.39 is 0 Å². The molecule has 2 aromatic carbocycles. The first-order chi connectivity index (χ1) is 16.0. The summed E-state index contributed by atoms with van der Waals surface area (Å²) in [5, 5.41) is 3.07. The van der Waals surface area contributed by atoms with Gasteiger partial charge < -0.3 is 5.32 Å². The van der Waals surface area contributed by atoms with Crippen molar-refractivity contribution in [2.75, 3.05) is 5.32 Å². The molecule has 3 aromatic rings. The van der Waals surface area contributed by atoms with E-state index in [0.717, 1.165) is 46.6 Å². The van der Waals surface area contributed by atoms with Crippen LogP contribution in [-0.4, -0.2) is 15.9 Å². The van der Waals surface area contributed by atoms with Crippen LogP contribution in [0.1, 0.15) is 60.2 Å². The second-order valence-corrected chi connectivity index (χ2v) is 9.53. The Morgan fingerprint density at radius 3 is 2.61 bits per heavy atom. The highest BCUT2D eigenvalue weighted by Crippen LogP contribution is 2.35. The summed E-state index contributed by atoms with van der Waals surface area (Å²) >= 11 is 0. The van der Waals surface area contributed by atoms with Gasteiger partial charge in [-0.15, -0.1) is 0 Å². The Hall–Kier alpha value is -3.08. The number of rotatable bonds is 5. The zero-order valence-electron chi connectivity index (χ0n) is 19.2. The molecule has 1 amide bonds. The van der Waals surface area contributed by atoms with Crippen LogP contribution >= 0.6 is 0 Å². The molecule has 0 bridgehead atoms. The lowest BCUT2D eigenvalue weighted by atomic mass is 9.85. The van der Waals surface area contributed by atoms with Crippen molar-refractivity contribution in [3.8, 4) is 11.3 Å². The van der Waals surface area contributed by atoms with Crippen molar-refractivity contribution in [3.05, 3.63) is 76.4 Å². The van der Waals surface area contributed by atoms with E-state index in [2.05, 4.69) is 5.32 Å². The van der Waals surface area contributed by atoms with Gasteiger partial charge in [-0.2, -0.15) is 0 Å². The maximum Gasteiger partial charge on any atom is 0.229 e. The third-order valence-corrected chi connectivity index (χ3v) is 6.94. The number of fused-ring (bicyclic) bond motifs is 3. The van der Waals surface area contributed by atoms with Gasteiger partial charge in [0.05, 0.1) is 23.5 Å². The van der Waals surface area contributed by atoms with Gasteiger partial charge in [0.25, 0.3) is 0 Å². The van der Waals surface area contributed by atoms with Crippen molar-refractivity contribution in [3.63, 3.8) is 0 Å². The molecule has 5 rings (SSSR count). The third-order valence-electron chi connectivity index (χ3n) is 6.94. The number of hydrogen-bond acceptors (Lipinski definition) is 3. The summed E-state index contributed by atoms with van der Waals surface area (Å²) in [6, 6.07) is 13.0. The molecule has 0 aliphatic heterocycles. The Balaban J connectivity index is 1.46. The Labute approximate surface area is 194 Å². The van der Waals surface area contributed by atoms with Crippen LogP contribution < -0.4 is 5.32 Å². The minimum atomic E-state index is -0.215. The smallest absolute Gasteiger partial charge is 0.229 e. The van der Waals surface area contributed by atoms with Crippen LogP contribution in [0.3, 0.4) is 0 Å². The Morgan fingerprint density at radius 2 is 1.82 bits per heavy atom. The summed E-state index contributed by atoms with van der Waals surface area (Å²) in [7, 11) is 0. The van der Waals surface area contributed by atoms with E-state index in [1.165, 1.54) is 43.7 Å². The fraction of sp³-hybridized carbons (Fsp3) is 0.393. The van der Waals surface area contributed by atoms with Crippen LogP contribution in [0.2, 0.25) is 0 Å². The highest BCUT2D eigenvalue weighted by Gasteiger charge is 2.25. The predicted molar refractivity (Wildman–Crippen MR) is 129 cm³/mol. The summed E-state index contributed by atoms with van der Waals surface area (Å²) in [5.41, 5.74) is 6.69. The second-order valence-electron chi connectivity index (χ2n) is 9.53. The Morgan fingerprint density at radius 1 is 1.03 bits per heavy atom. The van der Waals surface area contributed by atoms with E-state index in [1.54, 1.807) is 6.07 Å². The molecule has 1 fully saturated rings. The maximum atomic E-state index is 13.8. The Kier molecular flexibility index (Phi) is 6.21. The Bertz CT molecular complexity index is 1170.